The summed E-state index contributed by atoms with van der Waals surface area (Å²) in [5, 5.41) is 24.1. The first-order chi connectivity index (χ1) is 16.8. The van der Waals surface area contributed by atoms with E-state index in [-0.39, 0.29) is 60.2 Å². The fourth-order valence-electron chi connectivity index (χ4n) is 3.76. The van der Waals surface area contributed by atoms with Gasteiger partial charge in [-0.15, -0.1) is 12.4 Å². The normalized spacial score (nSPS) is 17.5. The molecule has 11 nitrogen and oxygen atoms in total. The van der Waals surface area contributed by atoms with Gasteiger partial charge in [0.2, 0.25) is 0 Å². The van der Waals surface area contributed by atoms with Crippen LogP contribution < -0.4 is 26.8 Å². The first-order valence-electron chi connectivity index (χ1n) is 11.6. The molecule has 0 saturated heterocycles. The van der Waals surface area contributed by atoms with Gasteiger partial charge in [-0.1, -0.05) is 37.1 Å². The maximum absolute atomic E-state index is 12.6. The zero-order valence-electron chi connectivity index (χ0n) is 20.0. The van der Waals surface area contributed by atoms with E-state index in [2.05, 4.69) is 32.5 Å². The summed E-state index contributed by atoms with van der Waals surface area (Å²) in [5.41, 5.74) is 12.4. The molecule has 3 rings (SSSR count). The Kier molecular flexibility index (Phi) is 11.4. The third kappa shape index (κ3) is 8.09. The van der Waals surface area contributed by atoms with Crippen molar-refractivity contribution in [2.45, 2.75) is 57.2 Å². The van der Waals surface area contributed by atoms with Gasteiger partial charge in [0.25, 0.3) is 5.91 Å². The van der Waals surface area contributed by atoms with Crippen LogP contribution in [0.4, 0.5) is 11.6 Å². The number of aliphatic imine (C=N–C) groups is 1. The number of aliphatic hydroxyl groups is 2. The van der Waals surface area contributed by atoms with E-state index in [0.29, 0.717) is 11.7 Å². The van der Waals surface area contributed by atoms with Gasteiger partial charge in [-0.25, -0.2) is 15.0 Å². The number of aliphatic hydroxyl groups excluding tert-OH is 2. The van der Waals surface area contributed by atoms with Gasteiger partial charge in [-0.3, -0.25) is 10.1 Å². The molecule has 1 amide bonds. The van der Waals surface area contributed by atoms with Gasteiger partial charge in [0.15, 0.2) is 28.4 Å². The van der Waals surface area contributed by atoms with E-state index in [1.54, 1.807) is 0 Å². The zero-order valence-corrected chi connectivity index (χ0v) is 21.6. The maximum atomic E-state index is 12.6. The molecular weight excluding hydrogens is 509 g/mol. The van der Waals surface area contributed by atoms with Crippen LogP contribution in [-0.2, 0) is 6.42 Å². The first kappa shape index (κ1) is 29.4. The third-order valence-electron chi connectivity index (χ3n) is 5.57. The van der Waals surface area contributed by atoms with E-state index >= 15 is 0 Å². The number of aryl methyl sites for hydroxylation is 1. The predicted octanol–water partition coefficient (Wildman–Crippen LogP) is 1.70. The molecule has 0 fully saturated rings. The second-order valence-electron chi connectivity index (χ2n) is 8.36. The molecule has 0 radical (unpaired) electrons. The summed E-state index contributed by atoms with van der Waals surface area (Å²) < 4.78 is 5.44. The Morgan fingerprint density at radius 1 is 1.22 bits per heavy atom. The van der Waals surface area contributed by atoms with Crippen molar-refractivity contribution < 1.29 is 19.7 Å². The van der Waals surface area contributed by atoms with Crippen molar-refractivity contribution >= 4 is 47.5 Å². The summed E-state index contributed by atoms with van der Waals surface area (Å²) in [7, 11) is 0. The van der Waals surface area contributed by atoms with Crippen LogP contribution in [0.5, 0.6) is 5.75 Å². The number of nitrogens with zero attached hydrogens (tertiary/aromatic N) is 3. The van der Waals surface area contributed by atoms with Crippen LogP contribution in [-0.4, -0.2) is 63.4 Å². The lowest BCUT2D eigenvalue weighted by Gasteiger charge is -2.18. The Bertz CT molecular complexity index is 1040. The van der Waals surface area contributed by atoms with Gasteiger partial charge in [0.1, 0.15) is 18.5 Å². The van der Waals surface area contributed by atoms with Crippen molar-refractivity contribution in [3.63, 3.8) is 0 Å². The number of anilines is 2. The number of aromatic nitrogens is 2. The minimum absolute atomic E-state index is 0. The number of rotatable bonds is 11. The average molecular weight is 542 g/mol. The summed E-state index contributed by atoms with van der Waals surface area (Å²) in [6.45, 7) is 1.81. The fourth-order valence-corrected chi connectivity index (χ4v) is 3.89. The number of nitrogens with one attached hydrogen (secondary N) is 2. The summed E-state index contributed by atoms with van der Waals surface area (Å²) in [4.78, 5) is 25.1. The molecule has 0 aliphatic carbocycles. The molecule has 2 aromatic rings. The number of ether oxygens (including phenoxy) is 1. The van der Waals surface area contributed by atoms with Gasteiger partial charge in [0, 0.05) is 0 Å². The lowest BCUT2D eigenvalue weighted by Crippen LogP contribution is -2.43. The summed E-state index contributed by atoms with van der Waals surface area (Å²) in [6, 6.07) is 7.79. The lowest BCUT2D eigenvalue weighted by molar-refractivity contribution is 0.0536. The second kappa shape index (κ2) is 14.0. The molecule has 2 heterocycles. The molecule has 3 atom stereocenters. The summed E-state index contributed by atoms with van der Waals surface area (Å²) in [5.74, 6) is 0.308. The molecule has 1 aliphatic rings. The number of amides is 1. The van der Waals surface area contributed by atoms with Gasteiger partial charge >= 0.3 is 0 Å². The first-order valence-corrected chi connectivity index (χ1v) is 11.9. The Morgan fingerprint density at radius 3 is 2.61 bits per heavy atom. The molecule has 13 heteroatoms. The van der Waals surface area contributed by atoms with Crippen LogP contribution >= 0.6 is 24.0 Å². The van der Waals surface area contributed by atoms with Crippen LogP contribution in [0.25, 0.3) is 0 Å². The van der Waals surface area contributed by atoms with Crippen molar-refractivity contribution in [2.75, 3.05) is 24.7 Å². The van der Waals surface area contributed by atoms with Crippen molar-refractivity contribution in [2.24, 2.45) is 4.99 Å². The minimum Gasteiger partial charge on any atom is -0.491 e. The topological polar surface area (TPSA) is 181 Å². The molecule has 3 unspecified atom stereocenters. The van der Waals surface area contributed by atoms with E-state index in [1.165, 1.54) is 0 Å². The smallest absolute Gasteiger partial charge is 0.280 e. The van der Waals surface area contributed by atoms with Crippen molar-refractivity contribution in [3.05, 3.63) is 40.7 Å². The highest BCUT2D eigenvalue weighted by atomic mass is 35.5. The second-order valence-corrected chi connectivity index (χ2v) is 8.71. The van der Waals surface area contributed by atoms with E-state index in [9.17, 15) is 9.90 Å². The number of benzene rings is 1. The van der Waals surface area contributed by atoms with Crippen LogP contribution in [0.3, 0.4) is 0 Å². The number of carbonyl (C=O) groups excluding carboxylic acids is 1. The lowest BCUT2D eigenvalue weighted by atomic mass is 9.98. The summed E-state index contributed by atoms with van der Waals surface area (Å²) >= 11 is 5.88. The number of halogens is 2. The van der Waals surface area contributed by atoms with Crippen molar-refractivity contribution in [3.8, 4) is 5.75 Å². The number of guanidine groups is 1. The summed E-state index contributed by atoms with van der Waals surface area (Å²) in [6.07, 6.45) is 3.61. The zero-order chi connectivity index (χ0) is 25.4. The number of carbonyl (C=O) groups is 1. The van der Waals surface area contributed by atoms with Gasteiger partial charge in [0.05, 0.1) is 18.7 Å². The predicted molar refractivity (Wildman–Crippen MR) is 142 cm³/mol. The number of nitrogens with two attached hydrogens (primary N) is 2. The maximum Gasteiger partial charge on any atom is 0.280 e. The quantitative estimate of drug-likeness (QED) is 0.246. The SMILES string of the molecule is CCCC1NC(NC(=O)c2nc(Cl)c(N)nc2N)=NC1CCCc1ccc(OCC(O)CO)cc1.Cl. The monoisotopic (exact) mass is 541 g/mol. The average Bonchev–Trinajstić information content (AvgIpc) is 3.21. The highest BCUT2D eigenvalue weighted by Gasteiger charge is 2.29. The Balaban J connectivity index is 0.00000456. The van der Waals surface area contributed by atoms with E-state index in [1.807, 2.05) is 24.3 Å². The van der Waals surface area contributed by atoms with Gasteiger partial charge < -0.3 is 31.7 Å². The molecular formula is C23H33Cl2N7O4. The molecule has 198 valence electrons. The van der Waals surface area contributed by atoms with Gasteiger partial charge in [-0.2, -0.15) is 0 Å². The molecule has 0 spiro atoms. The van der Waals surface area contributed by atoms with E-state index in [4.69, 9.17) is 32.9 Å². The molecule has 1 aromatic heterocycles. The van der Waals surface area contributed by atoms with E-state index < -0.39 is 12.0 Å². The Morgan fingerprint density at radius 2 is 1.94 bits per heavy atom. The standard InChI is InChI=1S/C23H32ClN7O4.ClH/c1-2-4-16-17(6-3-5-13-7-9-15(10-8-13)35-12-14(33)11-32)28-23(27-16)31-22(34)18-20(25)30-21(26)19(24)29-18;/h7-10,14,16-17,32-33H,2-6,11-12H2,1H3,(H4,25,26,30)(H2,27,28,31,34);1H. The fraction of sp³-hybridized carbons (Fsp3) is 0.478. The van der Waals surface area contributed by atoms with Gasteiger partial charge in [-0.05, 0) is 43.4 Å². The molecule has 1 aromatic carbocycles. The molecule has 1 aliphatic heterocycles. The third-order valence-corrected chi connectivity index (χ3v) is 5.85. The van der Waals surface area contributed by atoms with Crippen LogP contribution in [0, 0.1) is 0 Å². The Hall–Kier alpha value is -2.86. The van der Waals surface area contributed by atoms with E-state index in [0.717, 1.165) is 37.7 Å². The molecule has 0 bridgehead atoms. The highest BCUT2D eigenvalue weighted by molar-refractivity contribution is 6.31. The van der Waals surface area contributed by atoms with Crippen LogP contribution in [0.1, 0.15) is 48.7 Å². The molecule has 8 N–H and O–H groups in total. The van der Waals surface area contributed by atoms with Crippen molar-refractivity contribution in [1.29, 1.82) is 0 Å². The molecule has 0 saturated carbocycles. The largest absolute Gasteiger partial charge is 0.491 e. The minimum atomic E-state index is -0.893. The number of hydrogen-bond acceptors (Lipinski definition) is 10. The number of nitrogen functional groups attached to an aromatic ring is 2. The van der Waals surface area contributed by atoms with Crippen molar-refractivity contribution in [1.82, 2.24) is 20.6 Å². The molecule has 36 heavy (non-hydrogen) atoms. The number of hydrogen-bond donors (Lipinski definition) is 6. The highest BCUT2D eigenvalue weighted by Crippen LogP contribution is 2.21. The van der Waals surface area contributed by atoms with Crippen LogP contribution in [0.15, 0.2) is 29.3 Å². The van der Waals surface area contributed by atoms with Crippen LogP contribution in [0.2, 0.25) is 5.15 Å². The Labute approximate surface area is 221 Å².